The molecular formula is C22H21B3ClF2N3O4. The number of fused-ring (bicyclic) bond motifs is 1. The summed E-state index contributed by atoms with van der Waals surface area (Å²) in [6.45, 7) is -0.160. The molecule has 35 heavy (non-hydrogen) atoms. The van der Waals surface area contributed by atoms with Crippen LogP contribution in [0.1, 0.15) is 45.8 Å². The van der Waals surface area contributed by atoms with Crippen LogP contribution in [-0.4, -0.2) is 58.1 Å². The molecule has 1 saturated heterocycles. The molecule has 2 aromatic rings. The number of amides is 4. The Morgan fingerprint density at radius 2 is 1.86 bits per heavy atom. The number of halogens is 3. The maximum Gasteiger partial charge on any atom is 0.349 e. The van der Waals surface area contributed by atoms with Crippen LogP contribution >= 0.6 is 11.6 Å². The lowest BCUT2D eigenvalue weighted by atomic mass is 9.72. The van der Waals surface area contributed by atoms with Crippen LogP contribution in [0.3, 0.4) is 0 Å². The molecule has 4 rings (SSSR count). The van der Waals surface area contributed by atoms with E-state index in [1.54, 1.807) is 29.6 Å². The van der Waals surface area contributed by atoms with Crippen LogP contribution in [0.2, 0.25) is 5.02 Å². The maximum absolute atomic E-state index is 14.7. The van der Waals surface area contributed by atoms with Crippen LogP contribution in [0.5, 0.6) is 0 Å². The summed E-state index contributed by atoms with van der Waals surface area (Å²) in [5, 5.41) is 4.87. The molecule has 2 aliphatic heterocycles. The first-order valence-electron chi connectivity index (χ1n) is 11.1. The zero-order valence-corrected chi connectivity index (χ0v) is 20.1. The summed E-state index contributed by atoms with van der Waals surface area (Å²) in [5.41, 5.74) is 2.60. The van der Waals surface area contributed by atoms with E-state index >= 15 is 0 Å². The predicted molar refractivity (Wildman–Crippen MR) is 134 cm³/mol. The molecule has 0 radical (unpaired) electrons. The molecule has 2 aliphatic rings. The first kappa shape index (κ1) is 25.0. The van der Waals surface area contributed by atoms with Gasteiger partial charge in [-0.2, -0.15) is 8.78 Å². The van der Waals surface area contributed by atoms with Crippen LogP contribution in [-0.2, 0) is 26.9 Å². The number of hydrogen-bond acceptors (Lipinski definition) is 4. The Morgan fingerprint density at radius 3 is 2.49 bits per heavy atom. The van der Waals surface area contributed by atoms with Crippen LogP contribution in [0, 0.1) is 0 Å². The Morgan fingerprint density at radius 1 is 1.20 bits per heavy atom. The van der Waals surface area contributed by atoms with Crippen molar-refractivity contribution in [3.8, 4) is 0 Å². The van der Waals surface area contributed by atoms with Gasteiger partial charge in [-0.3, -0.25) is 24.5 Å². The second-order valence-electron chi connectivity index (χ2n) is 8.88. The Hall–Kier alpha value is -3.14. The van der Waals surface area contributed by atoms with Gasteiger partial charge in [-0.15, -0.1) is 0 Å². The molecule has 4 amide bonds. The minimum absolute atomic E-state index is 0.139. The minimum atomic E-state index is -3.75. The van der Waals surface area contributed by atoms with Crippen LogP contribution in [0.25, 0.3) is 0 Å². The fourth-order valence-corrected chi connectivity index (χ4v) is 5.04. The molecule has 13 heteroatoms. The lowest BCUT2D eigenvalue weighted by molar-refractivity contribution is -0.147. The highest BCUT2D eigenvalue weighted by Gasteiger charge is 2.44. The van der Waals surface area contributed by atoms with E-state index in [0.29, 0.717) is 27.6 Å². The van der Waals surface area contributed by atoms with Gasteiger partial charge in [-0.1, -0.05) is 40.7 Å². The topological polar surface area (TPSA) is 95.6 Å². The molecule has 1 fully saturated rings. The molecule has 7 nitrogen and oxygen atoms in total. The molecule has 0 aliphatic carbocycles. The Kier molecular flexibility index (Phi) is 6.53. The minimum Gasteiger partial charge on any atom is -0.347 e. The molecule has 2 aromatic carbocycles. The molecule has 2 N–H and O–H groups in total. The number of hydrogen-bond donors (Lipinski definition) is 2. The molecule has 0 saturated carbocycles. The van der Waals surface area contributed by atoms with Crippen LogP contribution < -0.4 is 21.6 Å². The number of carbonyl (C=O) groups excluding carboxylic acids is 4. The van der Waals surface area contributed by atoms with Gasteiger partial charge in [-0.25, -0.2) is 0 Å². The van der Waals surface area contributed by atoms with Gasteiger partial charge in [0.15, 0.2) is 0 Å². The van der Waals surface area contributed by atoms with Gasteiger partial charge in [0.1, 0.15) is 29.6 Å². The third kappa shape index (κ3) is 4.35. The normalized spacial score (nSPS) is 20.0. The van der Waals surface area contributed by atoms with Gasteiger partial charge >= 0.3 is 5.92 Å². The summed E-state index contributed by atoms with van der Waals surface area (Å²) < 4.78 is 29.3. The fraction of sp³-hybridized carbons (Fsp3) is 0.273. The maximum atomic E-state index is 14.7. The summed E-state index contributed by atoms with van der Waals surface area (Å²) in [7, 11) is 5.29. The number of benzene rings is 2. The van der Waals surface area contributed by atoms with Gasteiger partial charge in [0.2, 0.25) is 11.8 Å². The van der Waals surface area contributed by atoms with E-state index < -0.39 is 35.3 Å². The lowest BCUT2D eigenvalue weighted by Crippen LogP contribution is -2.53. The zero-order chi connectivity index (χ0) is 25.7. The Bertz CT molecular complexity index is 1260. The van der Waals surface area contributed by atoms with Crippen molar-refractivity contribution in [3.63, 3.8) is 0 Å². The van der Waals surface area contributed by atoms with E-state index in [1.165, 1.54) is 17.0 Å². The zero-order valence-electron chi connectivity index (χ0n) is 19.4. The van der Waals surface area contributed by atoms with Gasteiger partial charge in [0, 0.05) is 35.1 Å². The Balaban J connectivity index is 1.57. The Labute approximate surface area is 208 Å². The van der Waals surface area contributed by atoms with Gasteiger partial charge in [-0.05, 0) is 29.7 Å². The van der Waals surface area contributed by atoms with Gasteiger partial charge < -0.3 is 10.2 Å². The molecule has 2 atom stereocenters. The first-order chi connectivity index (χ1) is 16.4. The highest BCUT2D eigenvalue weighted by atomic mass is 35.5. The molecule has 0 spiro atoms. The molecule has 2 heterocycles. The summed E-state index contributed by atoms with van der Waals surface area (Å²) in [5.74, 6) is -6.88. The van der Waals surface area contributed by atoms with Crippen LogP contribution in [0.4, 0.5) is 8.78 Å². The van der Waals surface area contributed by atoms with E-state index in [9.17, 15) is 28.0 Å². The van der Waals surface area contributed by atoms with E-state index in [2.05, 4.69) is 10.6 Å². The molecular weight excluding hydrogens is 476 g/mol. The summed E-state index contributed by atoms with van der Waals surface area (Å²) in [6, 6.07) is 5.67. The standard InChI is InChI=1S/C22H21B3ClF2N3O4/c23-13-7-11-16(18(25)31(20(11)34)14-5-6-15(32)30-19(14)33)17(24)12(13)8-29-21(35)22(27,28)9-1-3-10(26)4-2-9/h1-4,7,14,18H,5-6,8,23-25H2,(H,29,35)(H,30,32,33). The van der Waals surface area contributed by atoms with E-state index in [4.69, 9.17) is 11.6 Å². The molecule has 0 bridgehead atoms. The highest BCUT2D eigenvalue weighted by molar-refractivity contribution is 6.42. The van der Waals surface area contributed by atoms with Crippen molar-refractivity contribution in [1.29, 1.82) is 0 Å². The average molecular weight is 497 g/mol. The van der Waals surface area contributed by atoms with Crippen molar-refractivity contribution in [1.82, 2.24) is 15.5 Å². The van der Waals surface area contributed by atoms with Gasteiger partial charge in [0.25, 0.3) is 11.8 Å². The monoisotopic (exact) mass is 497 g/mol. The van der Waals surface area contributed by atoms with Crippen molar-refractivity contribution >= 4 is 69.7 Å². The summed E-state index contributed by atoms with van der Waals surface area (Å²) >= 11 is 5.75. The average Bonchev–Trinajstić information content (AvgIpc) is 3.03. The number of nitrogens with zero attached hydrogens (tertiary/aromatic N) is 1. The van der Waals surface area contributed by atoms with E-state index in [0.717, 1.165) is 12.1 Å². The smallest absolute Gasteiger partial charge is 0.347 e. The third-order valence-corrected chi connectivity index (χ3v) is 7.00. The first-order valence-corrected chi connectivity index (χ1v) is 11.5. The number of carbonyl (C=O) groups is 4. The third-order valence-electron chi connectivity index (χ3n) is 6.75. The van der Waals surface area contributed by atoms with Gasteiger partial charge in [0.05, 0.1) is 0 Å². The fourth-order valence-electron chi connectivity index (χ4n) is 4.91. The molecule has 178 valence electrons. The van der Waals surface area contributed by atoms with Crippen molar-refractivity contribution in [2.75, 3.05) is 0 Å². The number of alkyl halides is 2. The quantitative estimate of drug-likeness (QED) is 0.375. The van der Waals surface area contributed by atoms with Crippen molar-refractivity contribution < 1.29 is 28.0 Å². The largest absolute Gasteiger partial charge is 0.349 e. The second-order valence-corrected chi connectivity index (χ2v) is 9.31. The van der Waals surface area contributed by atoms with Crippen molar-refractivity contribution in [2.24, 2.45) is 0 Å². The van der Waals surface area contributed by atoms with Crippen molar-refractivity contribution in [2.45, 2.75) is 37.3 Å². The summed E-state index contributed by atoms with van der Waals surface area (Å²) in [4.78, 5) is 51.0. The number of imide groups is 1. The number of rotatable bonds is 5. The van der Waals surface area contributed by atoms with E-state index in [-0.39, 0.29) is 36.2 Å². The van der Waals surface area contributed by atoms with E-state index in [1.807, 2.05) is 0 Å². The highest BCUT2D eigenvalue weighted by Crippen LogP contribution is 2.34. The van der Waals surface area contributed by atoms with Crippen LogP contribution in [0.15, 0.2) is 30.3 Å². The van der Waals surface area contributed by atoms with Crippen molar-refractivity contribution in [3.05, 3.63) is 57.6 Å². The second kappa shape index (κ2) is 9.15. The summed E-state index contributed by atoms with van der Waals surface area (Å²) in [6.07, 6.45) is 0.371. The molecule has 2 unspecified atom stereocenters. The number of piperidine rings is 1. The lowest BCUT2D eigenvalue weighted by Gasteiger charge is -2.33. The SMILES string of the molecule is Bc1cc2c(c(B)c1CNC(=O)C(F)(F)c1ccc(Cl)cc1)C(B)N(C1CCC(=O)NC1=O)C2=O. The predicted octanol–water partition coefficient (Wildman–Crippen LogP) is -1.84. The number of nitrogens with one attached hydrogen (secondary N) is 2. The molecule has 0 aromatic heterocycles.